The maximum Gasteiger partial charge on any atom is 0.256 e. The topological polar surface area (TPSA) is 54.9 Å². The molecule has 1 aromatic carbocycles. The van der Waals surface area contributed by atoms with Crippen LogP contribution in [-0.4, -0.2) is 15.9 Å². The molecule has 0 radical (unpaired) electrons. The van der Waals surface area contributed by atoms with Crippen molar-refractivity contribution in [1.29, 1.82) is 0 Å². The van der Waals surface area contributed by atoms with E-state index in [2.05, 4.69) is 15.3 Å². The van der Waals surface area contributed by atoms with Crippen LogP contribution in [0, 0.1) is 11.6 Å². The summed E-state index contributed by atoms with van der Waals surface area (Å²) in [6, 6.07) is 4.03. The molecule has 2 aromatic rings. The summed E-state index contributed by atoms with van der Waals surface area (Å²) in [7, 11) is 0. The highest BCUT2D eigenvalue weighted by atomic mass is 35.5. The molecule has 4 nitrogen and oxygen atoms in total. The molecule has 0 aliphatic heterocycles. The highest BCUT2D eigenvalue weighted by Gasteiger charge is 2.11. The Hall–Kier alpha value is -1.79. The molecule has 0 saturated heterocycles. The van der Waals surface area contributed by atoms with Gasteiger partial charge in [-0.2, -0.15) is 0 Å². The SMILES string of the molecule is O=C(Nc1cc(Cl)nc(Cl)n1)c1ccc(F)c(F)c1. The van der Waals surface area contributed by atoms with Crippen molar-refractivity contribution in [1.82, 2.24) is 9.97 Å². The van der Waals surface area contributed by atoms with E-state index in [9.17, 15) is 13.6 Å². The van der Waals surface area contributed by atoms with Crippen molar-refractivity contribution in [3.8, 4) is 0 Å². The molecule has 1 N–H and O–H groups in total. The van der Waals surface area contributed by atoms with E-state index in [1.807, 2.05) is 0 Å². The van der Waals surface area contributed by atoms with Gasteiger partial charge in [0.05, 0.1) is 0 Å². The van der Waals surface area contributed by atoms with Gasteiger partial charge in [0, 0.05) is 11.6 Å². The molecule has 8 heteroatoms. The average Bonchev–Trinajstić information content (AvgIpc) is 2.31. The molecule has 0 saturated carbocycles. The summed E-state index contributed by atoms with van der Waals surface area (Å²) in [6.07, 6.45) is 0. The minimum absolute atomic E-state index is 0.0422. The Morgan fingerprint density at radius 1 is 1.11 bits per heavy atom. The Bertz CT molecular complexity index is 632. The van der Waals surface area contributed by atoms with Gasteiger partial charge >= 0.3 is 0 Å². The predicted molar refractivity (Wildman–Crippen MR) is 66.4 cm³/mol. The zero-order chi connectivity index (χ0) is 14.0. The summed E-state index contributed by atoms with van der Waals surface area (Å²) in [5.41, 5.74) is -0.0650. The van der Waals surface area contributed by atoms with Gasteiger partial charge in [0.1, 0.15) is 11.0 Å². The number of rotatable bonds is 2. The number of nitrogens with zero attached hydrogens (tertiary/aromatic N) is 2. The monoisotopic (exact) mass is 303 g/mol. The number of aromatic nitrogens is 2. The van der Waals surface area contributed by atoms with Gasteiger partial charge in [-0.15, -0.1) is 0 Å². The number of anilines is 1. The molecule has 19 heavy (non-hydrogen) atoms. The van der Waals surface area contributed by atoms with E-state index in [1.165, 1.54) is 6.07 Å². The molecular weight excluding hydrogens is 299 g/mol. The first-order valence-electron chi connectivity index (χ1n) is 4.92. The standard InChI is InChI=1S/C11H5Cl2F2N3O/c12-8-4-9(18-11(13)16-8)17-10(19)5-1-2-6(14)7(15)3-5/h1-4H,(H,16,17,18,19). The Labute approximate surface area is 116 Å². The highest BCUT2D eigenvalue weighted by Crippen LogP contribution is 2.16. The van der Waals surface area contributed by atoms with Crippen molar-refractivity contribution in [2.45, 2.75) is 0 Å². The summed E-state index contributed by atoms with van der Waals surface area (Å²) in [5.74, 6) is -2.78. The molecule has 0 spiro atoms. The number of amides is 1. The third kappa shape index (κ3) is 3.36. The van der Waals surface area contributed by atoms with Crippen molar-refractivity contribution in [2.75, 3.05) is 5.32 Å². The zero-order valence-corrected chi connectivity index (χ0v) is 10.6. The van der Waals surface area contributed by atoms with E-state index in [-0.39, 0.29) is 21.8 Å². The predicted octanol–water partition coefficient (Wildman–Crippen LogP) is 3.31. The Morgan fingerprint density at radius 2 is 1.84 bits per heavy atom. The summed E-state index contributed by atoms with van der Waals surface area (Å²) in [4.78, 5) is 19.1. The molecule has 1 amide bonds. The summed E-state index contributed by atoms with van der Waals surface area (Å²) in [6.45, 7) is 0. The molecule has 1 heterocycles. The molecule has 0 fully saturated rings. The molecule has 0 aliphatic rings. The van der Waals surface area contributed by atoms with Crippen LogP contribution in [0.2, 0.25) is 10.4 Å². The molecule has 0 aliphatic carbocycles. The van der Waals surface area contributed by atoms with Crippen molar-refractivity contribution < 1.29 is 13.6 Å². The molecule has 98 valence electrons. The average molecular weight is 304 g/mol. The second-order valence-electron chi connectivity index (χ2n) is 3.43. The molecule has 0 atom stereocenters. The van der Waals surface area contributed by atoms with Gasteiger partial charge in [0.2, 0.25) is 5.28 Å². The van der Waals surface area contributed by atoms with E-state index in [1.54, 1.807) is 0 Å². The molecule has 2 rings (SSSR count). The third-order valence-electron chi connectivity index (χ3n) is 2.09. The van der Waals surface area contributed by atoms with Gasteiger partial charge in [-0.05, 0) is 29.8 Å². The lowest BCUT2D eigenvalue weighted by Crippen LogP contribution is -2.13. The van der Waals surface area contributed by atoms with Crippen LogP contribution in [0.3, 0.4) is 0 Å². The van der Waals surface area contributed by atoms with E-state index in [0.29, 0.717) is 0 Å². The molecule has 0 unspecified atom stereocenters. The Morgan fingerprint density at radius 3 is 2.47 bits per heavy atom. The van der Waals surface area contributed by atoms with E-state index >= 15 is 0 Å². The first-order chi connectivity index (χ1) is 8.95. The van der Waals surface area contributed by atoms with Crippen molar-refractivity contribution >= 4 is 34.9 Å². The van der Waals surface area contributed by atoms with Crippen LogP contribution in [0.25, 0.3) is 0 Å². The van der Waals surface area contributed by atoms with Gasteiger partial charge in [-0.25, -0.2) is 18.7 Å². The summed E-state index contributed by atoms with van der Waals surface area (Å²) in [5, 5.41) is 2.24. The Balaban J connectivity index is 2.22. The van der Waals surface area contributed by atoms with E-state index in [4.69, 9.17) is 23.2 Å². The quantitative estimate of drug-likeness (QED) is 0.684. The number of benzene rings is 1. The van der Waals surface area contributed by atoms with Crippen LogP contribution < -0.4 is 5.32 Å². The fraction of sp³-hybridized carbons (Fsp3) is 0. The van der Waals surface area contributed by atoms with Gasteiger partial charge in [-0.3, -0.25) is 4.79 Å². The van der Waals surface area contributed by atoms with Crippen LogP contribution in [0.4, 0.5) is 14.6 Å². The van der Waals surface area contributed by atoms with E-state index < -0.39 is 17.5 Å². The lowest BCUT2D eigenvalue weighted by molar-refractivity contribution is 0.102. The number of hydrogen-bond donors (Lipinski definition) is 1. The minimum atomic E-state index is -1.12. The fourth-order valence-corrected chi connectivity index (χ4v) is 1.69. The first-order valence-corrected chi connectivity index (χ1v) is 5.68. The zero-order valence-electron chi connectivity index (χ0n) is 9.12. The van der Waals surface area contributed by atoms with E-state index in [0.717, 1.165) is 18.2 Å². The van der Waals surface area contributed by atoms with Crippen LogP contribution in [0.5, 0.6) is 0 Å². The normalized spacial score (nSPS) is 10.3. The van der Waals surface area contributed by atoms with Gasteiger partial charge in [0.15, 0.2) is 11.6 Å². The lowest BCUT2D eigenvalue weighted by atomic mass is 10.2. The molecular formula is C11H5Cl2F2N3O. The minimum Gasteiger partial charge on any atom is -0.306 e. The largest absolute Gasteiger partial charge is 0.306 e. The lowest BCUT2D eigenvalue weighted by Gasteiger charge is -2.05. The maximum absolute atomic E-state index is 13.0. The number of hydrogen-bond acceptors (Lipinski definition) is 3. The van der Waals surface area contributed by atoms with Gasteiger partial charge in [0.25, 0.3) is 5.91 Å². The Kier molecular flexibility index (Phi) is 3.92. The third-order valence-corrected chi connectivity index (χ3v) is 2.45. The maximum atomic E-state index is 13.0. The first kappa shape index (κ1) is 13.6. The summed E-state index contributed by atoms with van der Waals surface area (Å²) < 4.78 is 25.7. The molecule has 0 bridgehead atoms. The smallest absolute Gasteiger partial charge is 0.256 e. The second kappa shape index (κ2) is 5.46. The van der Waals surface area contributed by atoms with Crippen molar-refractivity contribution in [3.63, 3.8) is 0 Å². The molecule has 1 aromatic heterocycles. The fourth-order valence-electron chi connectivity index (χ4n) is 1.28. The number of halogens is 4. The van der Waals surface area contributed by atoms with Gasteiger partial charge < -0.3 is 5.32 Å². The van der Waals surface area contributed by atoms with Crippen LogP contribution in [0.15, 0.2) is 24.3 Å². The van der Waals surface area contributed by atoms with Crippen molar-refractivity contribution in [2.24, 2.45) is 0 Å². The number of carbonyl (C=O) groups is 1. The van der Waals surface area contributed by atoms with Crippen LogP contribution >= 0.6 is 23.2 Å². The van der Waals surface area contributed by atoms with Crippen molar-refractivity contribution in [3.05, 3.63) is 51.9 Å². The number of nitrogens with one attached hydrogen (secondary N) is 1. The number of carbonyl (C=O) groups excluding carboxylic acids is 1. The summed E-state index contributed by atoms with van der Waals surface area (Å²) >= 11 is 11.2. The van der Waals surface area contributed by atoms with Crippen LogP contribution in [0.1, 0.15) is 10.4 Å². The highest BCUT2D eigenvalue weighted by molar-refractivity contribution is 6.32. The second-order valence-corrected chi connectivity index (χ2v) is 4.15. The van der Waals surface area contributed by atoms with Crippen LogP contribution in [-0.2, 0) is 0 Å². The van der Waals surface area contributed by atoms with Gasteiger partial charge in [-0.1, -0.05) is 11.6 Å².